The number of rotatable bonds is 3. The standard InChI is InChI=1S/C15H20F2N2O.ClH/c1-15(2)6-3-7-18-13(15)9-19-14(20)10-4-5-11(16)12(17)8-10;/h4-5,8,13,18H,3,6-7,9H2,1-2H3,(H,19,20);1H. The van der Waals surface area contributed by atoms with Crippen molar-refractivity contribution in [3.05, 3.63) is 35.4 Å². The van der Waals surface area contributed by atoms with Gasteiger partial charge in [0.1, 0.15) is 0 Å². The predicted molar refractivity (Wildman–Crippen MR) is 80.7 cm³/mol. The first-order chi connectivity index (χ1) is 9.40. The van der Waals surface area contributed by atoms with E-state index in [0.717, 1.165) is 31.5 Å². The van der Waals surface area contributed by atoms with E-state index in [2.05, 4.69) is 24.5 Å². The second-order valence-corrected chi connectivity index (χ2v) is 5.94. The van der Waals surface area contributed by atoms with Gasteiger partial charge in [-0.1, -0.05) is 13.8 Å². The summed E-state index contributed by atoms with van der Waals surface area (Å²) in [6.07, 6.45) is 2.23. The Morgan fingerprint density at radius 1 is 1.38 bits per heavy atom. The van der Waals surface area contributed by atoms with E-state index in [1.165, 1.54) is 6.07 Å². The van der Waals surface area contributed by atoms with Gasteiger partial charge in [-0.2, -0.15) is 0 Å². The number of carbonyl (C=O) groups is 1. The average molecular weight is 319 g/mol. The lowest BCUT2D eigenvalue weighted by atomic mass is 9.77. The van der Waals surface area contributed by atoms with E-state index >= 15 is 0 Å². The second-order valence-electron chi connectivity index (χ2n) is 5.94. The van der Waals surface area contributed by atoms with Crippen LogP contribution in [0, 0.1) is 17.0 Å². The summed E-state index contributed by atoms with van der Waals surface area (Å²) in [4.78, 5) is 11.9. The number of halogens is 3. The van der Waals surface area contributed by atoms with Gasteiger partial charge in [0.25, 0.3) is 5.91 Å². The minimum atomic E-state index is -1.01. The number of piperidine rings is 1. The number of hydrogen-bond acceptors (Lipinski definition) is 2. The first-order valence-corrected chi connectivity index (χ1v) is 6.87. The molecule has 1 aromatic carbocycles. The topological polar surface area (TPSA) is 41.1 Å². The molecule has 1 aliphatic heterocycles. The summed E-state index contributed by atoms with van der Waals surface area (Å²) in [5, 5.41) is 6.17. The Morgan fingerprint density at radius 3 is 2.71 bits per heavy atom. The Balaban J connectivity index is 0.00000220. The number of carbonyl (C=O) groups excluding carboxylic acids is 1. The van der Waals surface area contributed by atoms with E-state index in [-0.39, 0.29) is 35.3 Å². The molecule has 118 valence electrons. The molecule has 0 saturated carbocycles. The molecule has 1 aliphatic rings. The van der Waals surface area contributed by atoms with Crippen LogP contribution in [0.2, 0.25) is 0 Å². The third-order valence-corrected chi connectivity index (χ3v) is 3.98. The highest BCUT2D eigenvalue weighted by Gasteiger charge is 2.31. The van der Waals surface area contributed by atoms with Crippen LogP contribution in [0.4, 0.5) is 8.78 Å². The van der Waals surface area contributed by atoms with E-state index < -0.39 is 11.6 Å². The van der Waals surface area contributed by atoms with E-state index in [1.807, 2.05) is 0 Å². The van der Waals surface area contributed by atoms with Gasteiger partial charge in [0, 0.05) is 18.2 Å². The molecule has 0 radical (unpaired) electrons. The Morgan fingerprint density at radius 2 is 2.10 bits per heavy atom. The third kappa shape index (κ3) is 4.38. The smallest absolute Gasteiger partial charge is 0.251 e. The fourth-order valence-corrected chi connectivity index (χ4v) is 2.55. The third-order valence-electron chi connectivity index (χ3n) is 3.98. The minimum Gasteiger partial charge on any atom is -0.350 e. The van der Waals surface area contributed by atoms with Gasteiger partial charge in [-0.15, -0.1) is 12.4 Å². The number of amides is 1. The Bertz CT molecular complexity index is 508. The summed E-state index contributed by atoms with van der Waals surface area (Å²) in [6, 6.07) is 3.36. The lowest BCUT2D eigenvalue weighted by Crippen LogP contribution is -2.52. The molecule has 2 rings (SSSR count). The maximum Gasteiger partial charge on any atom is 0.251 e. The minimum absolute atomic E-state index is 0. The van der Waals surface area contributed by atoms with Crippen molar-refractivity contribution in [2.75, 3.05) is 13.1 Å². The van der Waals surface area contributed by atoms with Gasteiger partial charge in [-0.05, 0) is 43.0 Å². The number of benzene rings is 1. The number of hydrogen-bond donors (Lipinski definition) is 2. The summed E-state index contributed by atoms with van der Waals surface area (Å²) in [7, 11) is 0. The molecule has 21 heavy (non-hydrogen) atoms. The van der Waals surface area contributed by atoms with E-state index in [4.69, 9.17) is 0 Å². The van der Waals surface area contributed by atoms with Crippen molar-refractivity contribution >= 4 is 18.3 Å². The molecule has 1 aromatic rings. The highest BCUT2D eigenvalue weighted by atomic mass is 35.5. The van der Waals surface area contributed by atoms with Gasteiger partial charge in [0.2, 0.25) is 0 Å². The number of nitrogens with one attached hydrogen (secondary N) is 2. The van der Waals surface area contributed by atoms with Crippen molar-refractivity contribution in [3.8, 4) is 0 Å². The molecule has 1 fully saturated rings. The molecule has 2 N–H and O–H groups in total. The largest absolute Gasteiger partial charge is 0.350 e. The average Bonchev–Trinajstić information content (AvgIpc) is 2.40. The molecule has 1 amide bonds. The van der Waals surface area contributed by atoms with Crippen molar-refractivity contribution in [3.63, 3.8) is 0 Å². The summed E-state index contributed by atoms with van der Waals surface area (Å²) in [5.41, 5.74) is 0.247. The fourth-order valence-electron chi connectivity index (χ4n) is 2.55. The highest BCUT2D eigenvalue weighted by Crippen LogP contribution is 2.29. The van der Waals surface area contributed by atoms with Gasteiger partial charge in [-0.3, -0.25) is 4.79 Å². The normalized spacial score (nSPS) is 20.5. The molecule has 1 atom stereocenters. The van der Waals surface area contributed by atoms with Crippen molar-refractivity contribution in [1.29, 1.82) is 0 Å². The lowest BCUT2D eigenvalue weighted by molar-refractivity contribution is 0.0928. The maximum atomic E-state index is 13.1. The zero-order valence-electron chi connectivity index (χ0n) is 12.2. The van der Waals surface area contributed by atoms with E-state index in [0.29, 0.717) is 6.54 Å². The Hall–Kier alpha value is -1.20. The van der Waals surface area contributed by atoms with Gasteiger partial charge >= 0.3 is 0 Å². The van der Waals surface area contributed by atoms with Crippen LogP contribution in [0.1, 0.15) is 37.0 Å². The quantitative estimate of drug-likeness (QED) is 0.899. The molecule has 0 aromatic heterocycles. The molecular formula is C15H21ClF2N2O. The molecule has 1 saturated heterocycles. The zero-order chi connectivity index (χ0) is 14.8. The molecule has 3 nitrogen and oxygen atoms in total. The molecule has 0 aliphatic carbocycles. The lowest BCUT2D eigenvalue weighted by Gasteiger charge is -2.39. The van der Waals surface area contributed by atoms with Gasteiger partial charge < -0.3 is 10.6 Å². The van der Waals surface area contributed by atoms with Crippen molar-refractivity contribution in [2.45, 2.75) is 32.7 Å². The van der Waals surface area contributed by atoms with Crippen LogP contribution in [-0.4, -0.2) is 25.0 Å². The fraction of sp³-hybridized carbons (Fsp3) is 0.533. The summed E-state index contributed by atoms with van der Waals surface area (Å²) >= 11 is 0. The molecular weight excluding hydrogens is 298 g/mol. The zero-order valence-corrected chi connectivity index (χ0v) is 13.0. The highest BCUT2D eigenvalue weighted by molar-refractivity contribution is 5.94. The summed E-state index contributed by atoms with van der Waals surface area (Å²) in [5.74, 6) is -2.34. The van der Waals surface area contributed by atoms with Crippen LogP contribution in [0.25, 0.3) is 0 Å². The monoisotopic (exact) mass is 318 g/mol. The van der Waals surface area contributed by atoms with Crippen molar-refractivity contribution < 1.29 is 13.6 Å². The Labute approximate surface area is 129 Å². The SMILES string of the molecule is CC1(C)CCCNC1CNC(=O)c1ccc(F)c(F)c1.Cl. The van der Waals surface area contributed by atoms with Crippen LogP contribution in [0.15, 0.2) is 18.2 Å². The molecule has 0 spiro atoms. The van der Waals surface area contributed by atoms with E-state index in [1.54, 1.807) is 0 Å². The van der Waals surface area contributed by atoms with Gasteiger partial charge in [0.05, 0.1) is 0 Å². The summed E-state index contributed by atoms with van der Waals surface area (Å²) < 4.78 is 25.9. The van der Waals surface area contributed by atoms with Gasteiger partial charge in [-0.25, -0.2) is 8.78 Å². The first kappa shape index (κ1) is 17.9. The molecule has 6 heteroatoms. The van der Waals surface area contributed by atoms with Crippen LogP contribution >= 0.6 is 12.4 Å². The molecule has 1 unspecified atom stereocenters. The van der Waals surface area contributed by atoms with Crippen LogP contribution in [0.5, 0.6) is 0 Å². The van der Waals surface area contributed by atoms with E-state index in [9.17, 15) is 13.6 Å². The van der Waals surface area contributed by atoms with Crippen LogP contribution in [-0.2, 0) is 0 Å². The molecule has 1 heterocycles. The van der Waals surface area contributed by atoms with Gasteiger partial charge in [0.15, 0.2) is 11.6 Å². The van der Waals surface area contributed by atoms with Crippen molar-refractivity contribution in [1.82, 2.24) is 10.6 Å². The van der Waals surface area contributed by atoms with Crippen molar-refractivity contribution in [2.24, 2.45) is 5.41 Å². The maximum absolute atomic E-state index is 13.1. The predicted octanol–water partition coefficient (Wildman–Crippen LogP) is 2.89. The first-order valence-electron chi connectivity index (χ1n) is 6.87. The summed E-state index contributed by atoms with van der Waals surface area (Å²) in [6.45, 7) is 5.74. The Kier molecular flexibility index (Phi) is 6.10. The van der Waals surface area contributed by atoms with Crippen LogP contribution < -0.4 is 10.6 Å². The second kappa shape index (κ2) is 7.18. The van der Waals surface area contributed by atoms with Crippen LogP contribution in [0.3, 0.4) is 0 Å². The molecule has 0 bridgehead atoms.